The highest BCUT2D eigenvalue weighted by Crippen LogP contribution is 2.36. The molecule has 5 nitrogen and oxygen atoms in total. The molecular weight excluding hydrogens is 381 g/mol. The second-order valence-electron chi connectivity index (χ2n) is 7.18. The first-order valence-electron chi connectivity index (χ1n) is 9.53. The number of hydrogen-bond donors (Lipinski definition) is 0. The summed E-state index contributed by atoms with van der Waals surface area (Å²) in [5, 5.41) is 0.717. The molecule has 0 saturated heterocycles. The minimum atomic E-state index is -0.587. The molecule has 146 valence electrons. The molecular formula is C24H16FN3O2. The van der Waals surface area contributed by atoms with E-state index in [1.165, 1.54) is 17.0 Å². The van der Waals surface area contributed by atoms with Crippen molar-refractivity contribution in [1.29, 1.82) is 0 Å². The van der Waals surface area contributed by atoms with Crippen LogP contribution in [0.5, 0.6) is 0 Å². The van der Waals surface area contributed by atoms with Crippen molar-refractivity contribution in [3.05, 3.63) is 95.4 Å². The number of rotatable bonds is 3. The standard InChI is InChI=1S/C24H16FN3O2/c1-14(28-23(29)17-6-2-3-7-18(17)24(28)30)19-12-15-9-10-16(25)13-21(15)27-22(19)20-8-4-5-11-26-20/h2-14H,1H3. The molecule has 3 heterocycles. The maximum atomic E-state index is 13.8. The number of amides is 2. The van der Waals surface area contributed by atoms with Gasteiger partial charge in [0.2, 0.25) is 0 Å². The van der Waals surface area contributed by atoms with E-state index in [0.717, 1.165) is 5.39 Å². The number of aromatic nitrogens is 2. The summed E-state index contributed by atoms with van der Waals surface area (Å²) in [5.74, 6) is -1.06. The van der Waals surface area contributed by atoms with E-state index in [0.29, 0.717) is 33.6 Å². The predicted octanol–water partition coefficient (Wildman–Crippen LogP) is 4.79. The summed E-state index contributed by atoms with van der Waals surface area (Å²) in [6, 6.07) is 17.8. The second-order valence-corrected chi connectivity index (χ2v) is 7.18. The number of fused-ring (bicyclic) bond motifs is 2. The van der Waals surface area contributed by atoms with Gasteiger partial charge < -0.3 is 0 Å². The minimum absolute atomic E-state index is 0.339. The fourth-order valence-corrected chi connectivity index (χ4v) is 3.88. The number of benzene rings is 2. The zero-order valence-electron chi connectivity index (χ0n) is 16.0. The Morgan fingerprint density at radius 2 is 1.60 bits per heavy atom. The number of carbonyl (C=O) groups excluding carboxylic acids is 2. The van der Waals surface area contributed by atoms with Crippen molar-refractivity contribution in [2.45, 2.75) is 13.0 Å². The van der Waals surface area contributed by atoms with E-state index in [4.69, 9.17) is 0 Å². The fourth-order valence-electron chi connectivity index (χ4n) is 3.88. The first-order chi connectivity index (χ1) is 14.5. The van der Waals surface area contributed by atoms with Gasteiger partial charge in [-0.1, -0.05) is 18.2 Å². The Labute approximate surface area is 171 Å². The summed E-state index contributed by atoms with van der Waals surface area (Å²) in [6.07, 6.45) is 1.64. The Kier molecular flexibility index (Phi) is 4.13. The summed E-state index contributed by atoms with van der Waals surface area (Å²) in [5.41, 5.74) is 3.03. The van der Waals surface area contributed by atoms with E-state index in [2.05, 4.69) is 9.97 Å². The molecule has 0 bridgehead atoms. The summed E-state index contributed by atoms with van der Waals surface area (Å²) in [4.78, 5) is 36.3. The summed E-state index contributed by atoms with van der Waals surface area (Å²) < 4.78 is 13.8. The number of carbonyl (C=O) groups is 2. The number of imide groups is 1. The SMILES string of the molecule is CC(c1cc2ccc(F)cc2nc1-c1ccccn1)N1C(=O)c2ccccc2C1=O. The van der Waals surface area contributed by atoms with Crippen LogP contribution in [0.3, 0.4) is 0 Å². The van der Waals surface area contributed by atoms with Crippen LogP contribution in [0.1, 0.15) is 39.2 Å². The second kappa shape index (κ2) is 6.84. The van der Waals surface area contributed by atoms with Crippen molar-refractivity contribution in [3.63, 3.8) is 0 Å². The van der Waals surface area contributed by atoms with Crippen LogP contribution in [-0.2, 0) is 0 Å². The molecule has 4 aromatic rings. The first kappa shape index (κ1) is 18.1. The van der Waals surface area contributed by atoms with Gasteiger partial charge in [0, 0.05) is 23.2 Å². The Balaban J connectivity index is 1.69. The van der Waals surface area contributed by atoms with Crippen LogP contribution >= 0.6 is 0 Å². The molecule has 6 heteroatoms. The van der Waals surface area contributed by atoms with Crippen molar-refractivity contribution in [2.75, 3.05) is 0 Å². The first-order valence-corrected chi connectivity index (χ1v) is 9.53. The molecule has 1 atom stereocenters. The average Bonchev–Trinajstić information content (AvgIpc) is 3.03. The molecule has 1 aliphatic heterocycles. The number of halogens is 1. The van der Waals surface area contributed by atoms with Gasteiger partial charge in [-0.15, -0.1) is 0 Å². The van der Waals surface area contributed by atoms with Gasteiger partial charge in [0.05, 0.1) is 34.1 Å². The van der Waals surface area contributed by atoms with Crippen LogP contribution < -0.4 is 0 Å². The van der Waals surface area contributed by atoms with Crippen LogP contribution in [0, 0.1) is 5.82 Å². The van der Waals surface area contributed by atoms with E-state index >= 15 is 0 Å². The molecule has 1 aliphatic rings. The third-order valence-electron chi connectivity index (χ3n) is 5.38. The van der Waals surface area contributed by atoms with E-state index in [1.54, 1.807) is 55.6 Å². The molecule has 1 unspecified atom stereocenters. The number of hydrogen-bond acceptors (Lipinski definition) is 4. The van der Waals surface area contributed by atoms with Gasteiger partial charge in [0.15, 0.2) is 0 Å². The molecule has 2 aromatic carbocycles. The monoisotopic (exact) mass is 397 g/mol. The summed E-state index contributed by atoms with van der Waals surface area (Å²) >= 11 is 0. The zero-order chi connectivity index (χ0) is 20.8. The Morgan fingerprint density at radius 1 is 0.900 bits per heavy atom. The highest BCUT2D eigenvalue weighted by atomic mass is 19.1. The summed E-state index contributed by atoms with van der Waals surface area (Å²) in [7, 11) is 0. The Hall–Kier alpha value is -3.93. The lowest BCUT2D eigenvalue weighted by Crippen LogP contribution is -2.33. The normalized spacial score (nSPS) is 14.3. The number of nitrogens with zero attached hydrogens (tertiary/aromatic N) is 3. The number of pyridine rings is 2. The minimum Gasteiger partial charge on any atom is -0.269 e. The van der Waals surface area contributed by atoms with Gasteiger partial charge in [-0.25, -0.2) is 9.37 Å². The topological polar surface area (TPSA) is 63.2 Å². The average molecular weight is 397 g/mol. The van der Waals surface area contributed by atoms with Gasteiger partial charge in [0.25, 0.3) is 11.8 Å². The van der Waals surface area contributed by atoms with Crippen LogP contribution in [0.15, 0.2) is 72.9 Å². The van der Waals surface area contributed by atoms with Crippen molar-refractivity contribution >= 4 is 22.7 Å². The molecule has 0 radical (unpaired) electrons. The molecule has 5 rings (SSSR count). The van der Waals surface area contributed by atoms with Crippen molar-refractivity contribution in [1.82, 2.24) is 14.9 Å². The van der Waals surface area contributed by atoms with Crippen LogP contribution in [0.4, 0.5) is 4.39 Å². The van der Waals surface area contributed by atoms with Crippen LogP contribution in [0.2, 0.25) is 0 Å². The maximum Gasteiger partial charge on any atom is 0.262 e. The lowest BCUT2D eigenvalue weighted by molar-refractivity contribution is 0.0595. The maximum absolute atomic E-state index is 13.8. The highest BCUT2D eigenvalue weighted by molar-refractivity contribution is 6.21. The zero-order valence-corrected chi connectivity index (χ0v) is 16.0. The fraction of sp³-hybridized carbons (Fsp3) is 0.0833. The van der Waals surface area contributed by atoms with Gasteiger partial charge in [0.1, 0.15) is 5.82 Å². The van der Waals surface area contributed by atoms with E-state index < -0.39 is 6.04 Å². The van der Waals surface area contributed by atoms with Gasteiger partial charge in [-0.3, -0.25) is 19.5 Å². The third kappa shape index (κ3) is 2.76. The Bertz CT molecular complexity index is 1290. The predicted molar refractivity (Wildman–Crippen MR) is 110 cm³/mol. The van der Waals surface area contributed by atoms with Gasteiger partial charge in [-0.2, -0.15) is 0 Å². The Morgan fingerprint density at radius 3 is 2.27 bits per heavy atom. The highest BCUT2D eigenvalue weighted by Gasteiger charge is 2.39. The molecule has 2 amide bonds. The molecule has 30 heavy (non-hydrogen) atoms. The molecule has 0 aliphatic carbocycles. The largest absolute Gasteiger partial charge is 0.269 e. The molecule has 0 fully saturated rings. The van der Waals surface area contributed by atoms with Crippen LogP contribution in [-0.4, -0.2) is 26.7 Å². The molecule has 0 spiro atoms. The van der Waals surface area contributed by atoms with Gasteiger partial charge in [-0.05, 0) is 49.4 Å². The third-order valence-corrected chi connectivity index (χ3v) is 5.38. The quantitative estimate of drug-likeness (QED) is 0.466. The lowest BCUT2D eigenvalue weighted by atomic mass is 10.00. The smallest absolute Gasteiger partial charge is 0.262 e. The molecule has 0 saturated carbocycles. The van der Waals surface area contributed by atoms with Crippen molar-refractivity contribution in [2.24, 2.45) is 0 Å². The molecule has 2 aromatic heterocycles. The summed E-state index contributed by atoms with van der Waals surface area (Å²) in [6.45, 7) is 1.79. The van der Waals surface area contributed by atoms with Gasteiger partial charge >= 0.3 is 0 Å². The van der Waals surface area contributed by atoms with E-state index in [9.17, 15) is 14.0 Å². The van der Waals surface area contributed by atoms with Crippen molar-refractivity contribution < 1.29 is 14.0 Å². The lowest BCUT2D eigenvalue weighted by Gasteiger charge is -2.25. The van der Waals surface area contributed by atoms with E-state index in [1.807, 2.05) is 12.1 Å². The van der Waals surface area contributed by atoms with Crippen LogP contribution in [0.25, 0.3) is 22.3 Å². The van der Waals surface area contributed by atoms with E-state index in [-0.39, 0.29) is 17.6 Å². The molecule has 0 N–H and O–H groups in total. The van der Waals surface area contributed by atoms with Crippen molar-refractivity contribution in [3.8, 4) is 11.4 Å².